The number of carbonyl (C=O) groups is 1. The molecule has 6 nitrogen and oxygen atoms in total. The van der Waals surface area contributed by atoms with E-state index in [1.807, 2.05) is 0 Å². The van der Waals surface area contributed by atoms with Crippen molar-refractivity contribution in [3.8, 4) is 0 Å². The SMILES string of the molecule is CS(=O)(=O)c1ccc(NC(=O)NC2CCC(O)CC2)cc1. The van der Waals surface area contributed by atoms with Crippen molar-refractivity contribution in [3.05, 3.63) is 24.3 Å². The summed E-state index contributed by atoms with van der Waals surface area (Å²) >= 11 is 0. The monoisotopic (exact) mass is 312 g/mol. The van der Waals surface area contributed by atoms with E-state index in [9.17, 15) is 18.3 Å². The van der Waals surface area contributed by atoms with Gasteiger partial charge >= 0.3 is 6.03 Å². The van der Waals surface area contributed by atoms with Gasteiger partial charge < -0.3 is 15.7 Å². The normalized spacial score (nSPS) is 22.6. The van der Waals surface area contributed by atoms with Gasteiger partial charge in [-0.1, -0.05) is 0 Å². The minimum absolute atomic E-state index is 0.0729. The molecule has 1 saturated carbocycles. The van der Waals surface area contributed by atoms with Crippen LogP contribution >= 0.6 is 0 Å². The molecule has 0 radical (unpaired) electrons. The van der Waals surface area contributed by atoms with E-state index in [4.69, 9.17) is 0 Å². The number of nitrogens with one attached hydrogen (secondary N) is 2. The van der Waals surface area contributed by atoms with Gasteiger partial charge in [0, 0.05) is 18.0 Å². The molecule has 3 N–H and O–H groups in total. The molecule has 7 heteroatoms. The van der Waals surface area contributed by atoms with Crippen molar-refractivity contribution in [1.29, 1.82) is 0 Å². The van der Waals surface area contributed by atoms with Gasteiger partial charge in [0.15, 0.2) is 9.84 Å². The number of amides is 2. The Kier molecular flexibility index (Phi) is 4.84. The van der Waals surface area contributed by atoms with Crippen LogP contribution in [-0.2, 0) is 9.84 Å². The Bertz CT molecular complexity index is 590. The number of sulfone groups is 1. The van der Waals surface area contributed by atoms with Gasteiger partial charge in [-0.25, -0.2) is 13.2 Å². The first-order valence-corrected chi connectivity index (χ1v) is 8.79. The highest BCUT2D eigenvalue weighted by Crippen LogP contribution is 2.18. The first-order valence-electron chi connectivity index (χ1n) is 6.90. The first-order chi connectivity index (χ1) is 9.84. The van der Waals surface area contributed by atoms with Crippen LogP contribution in [0, 0.1) is 0 Å². The second-order valence-corrected chi connectivity index (χ2v) is 7.42. The third-order valence-corrected chi connectivity index (χ3v) is 4.70. The third-order valence-electron chi connectivity index (χ3n) is 3.57. The highest BCUT2D eigenvalue weighted by atomic mass is 32.2. The van der Waals surface area contributed by atoms with E-state index < -0.39 is 9.84 Å². The number of hydrogen-bond acceptors (Lipinski definition) is 4. The molecule has 0 unspecified atom stereocenters. The van der Waals surface area contributed by atoms with E-state index >= 15 is 0 Å². The van der Waals surface area contributed by atoms with Crippen molar-refractivity contribution >= 4 is 21.6 Å². The van der Waals surface area contributed by atoms with Crippen molar-refractivity contribution in [2.75, 3.05) is 11.6 Å². The maximum atomic E-state index is 11.8. The predicted octanol–water partition coefficient (Wildman–Crippen LogP) is 1.52. The average Bonchev–Trinajstić information content (AvgIpc) is 2.41. The van der Waals surface area contributed by atoms with Crippen LogP contribution in [0.1, 0.15) is 25.7 Å². The Labute approximate surface area is 124 Å². The Balaban J connectivity index is 1.88. The number of carbonyl (C=O) groups excluding carboxylic acids is 1. The molecule has 1 aliphatic rings. The minimum atomic E-state index is -3.23. The van der Waals surface area contributed by atoms with Gasteiger partial charge in [0.05, 0.1) is 11.0 Å². The summed E-state index contributed by atoms with van der Waals surface area (Å²) in [5, 5.41) is 14.9. The Morgan fingerprint density at radius 2 is 1.71 bits per heavy atom. The van der Waals surface area contributed by atoms with Crippen molar-refractivity contribution < 1.29 is 18.3 Å². The molecule has 2 rings (SSSR count). The lowest BCUT2D eigenvalue weighted by Gasteiger charge is -2.26. The van der Waals surface area contributed by atoms with Crippen LogP contribution in [0.25, 0.3) is 0 Å². The van der Waals surface area contributed by atoms with E-state index in [0.29, 0.717) is 18.5 Å². The van der Waals surface area contributed by atoms with Gasteiger partial charge in [-0.2, -0.15) is 0 Å². The fraction of sp³-hybridized carbons (Fsp3) is 0.500. The summed E-state index contributed by atoms with van der Waals surface area (Å²) in [6, 6.07) is 5.79. The molecule has 0 atom stereocenters. The molecule has 0 bridgehead atoms. The number of aliphatic hydroxyl groups excluding tert-OH is 1. The van der Waals surface area contributed by atoms with Gasteiger partial charge in [-0.3, -0.25) is 0 Å². The van der Waals surface area contributed by atoms with Gasteiger partial charge in [0.1, 0.15) is 0 Å². The molecule has 116 valence electrons. The fourth-order valence-corrected chi connectivity index (χ4v) is 2.99. The maximum absolute atomic E-state index is 11.8. The molecular formula is C14H20N2O4S. The van der Waals surface area contributed by atoms with Crippen LogP contribution in [0.3, 0.4) is 0 Å². The second-order valence-electron chi connectivity index (χ2n) is 5.40. The lowest BCUT2D eigenvalue weighted by molar-refractivity contribution is 0.118. The maximum Gasteiger partial charge on any atom is 0.319 e. The molecule has 1 aromatic carbocycles. The van der Waals surface area contributed by atoms with Crippen LogP contribution < -0.4 is 10.6 Å². The second kappa shape index (κ2) is 6.44. The van der Waals surface area contributed by atoms with E-state index in [1.165, 1.54) is 12.1 Å². The summed E-state index contributed by atoms with van der Waals surface area (Å²) in [6.07, 6.45) is 3.82. The summed E-state index contributed by atoms with van der Waals surface area (Å²) in [7, 11) is -3.23. The third kappa shape index (κ3) is 4.71. The summed E-state index contributed by atoms with van der Waals surface area (Å²) in [6.45, 7) is 0. The molecule has 1 fully saturated rings. The highest BCUT2D eigenvalue weighted by molar-refractivity contribution is 7.90. The zero-order valence-corrected chi connectivity index (χ0v) is 12.7. The summed E-state index contributed by atoms with van der Waals surface area (Å²) in [4.78, 5) is 12.1. The van der Waals surface area contributed by atoms with Crippen LogP contribution in [0.15, 0.2) is 29.2 Å². The molecular weight excluding hydrogens is 292 g/mol. The number of aliphatic hydroxyl groups is 1. The van der Waals surface area contributed by atoms with Crippen molar-refractivity contribution in [2.45, 2.75) is 42.7 Å². The average molecular weight is 312 g/mol. The van der Waals surface area contributed by atoms with Crippen molar-refractivity contribution in [3.63, 3.8) is 0 Å². The minimum Gasteiger partial charge on any atom is -0.393 e. The Hall–Kier alpha value is -1.60. The van der Waals surface area contributed by atoms with E-state index in [0.717, 1.165) is 19.1 Å². The number of rotatable bonds is 3. The van der Waals surface area contributed by atoms with Gasteiger partial charge in [0.2, 0.25) is 0 Å². The van der Waals surface area contributed by atoms with Crippen molar-refractivity contribution in [2.24, 2.45) is 0 Å². The van der Waals surface area contributed by atoms with E-state index in [-0.39, 0.29) is 23.1 Å². The van der Waals surface area contributed by atoms with Crippen LogP contribution in [-0.4, -0.2) is 38.0 Å². The molecule has 21 heavy (non-hydrogen) atoms. The quantitative estimate of drug-likeness (QED) is 0.788. The van der Waals surface area contributed by atoms with E-state index in [2.05, 4.69) is 10.6 Å². The Morgan fingerprint density at radius 3 is 2.24 bits per heavy atom. The first kappa shape index (κ1) is 15.8. The van der Waals surface area contributed by atoms with E-state index in [1.54, 1.807) is 12.1 Å². The van der Waals surface area contributed by atoms with Crippen LogP contribution in [0.4, 0.5) is 10.5 Å². The zero-order chi connectivity index (χ0) is 15.5. The molecule has 0 aromatic heterocycles. The predicted molar refractivity (Wildman–Crippen MR) is 80.0 cm³/mol. The topological polar surface area (TPSA) is 95.5 Å². The van der Waals surface area contributed by atoms with Crippen LogP contribution in [0.5, 0.6) is 0 Å². The number of urea groups is 1. The van der Waals surface area contributed by atoms with Crippen LogP contribution in [0.2, 0.25) is 0 Å². The zero-order valence-electron chi connectivity index (χ0n) is 11.9. The highest BCUT2D eigenvalue weighted by Gasteiger charge is 2.20. The molecule has 0 spiro atoms. The summed E-state index contributed by atoms with van der Waals surface area (Å²) in [5.74, 6) is 0. The van der Waals surface area contributed by atoms with Gasteiger partial charge in [-0.15, -0.1) is 0 Å². The lowest BCUT2D eigenvalue weighted by Crippen LogP contribution is -2.40. The molecule has 0 heterocycles. The summed E-state index contributed by atoms with van der Waals surface area (Å²) in [5.41, 5.74) is 0.538. The van der Waals surface area contributed by atoms with Gasteiger partial charge in [-0.05, 0) is 49.9 Å². The smallest absolute Gasteiger partial charge is 0.319 e. The largest absolute Gasteiger partial charge is 0.393 e. The molecule has 0 aliphatic heterocycles. The van der Waals surface area contributed by atoms with Crippen molar-refractivity contribution in [1.82, 2.24) is 5.32 Å². The molecule has 1 aromatic rings. The molecule has 1 aliphatic carbocycles. The molecule has 2 amide bonds. The lowest BCUT2D eigenvalue weighted by atomic mass is 9.93. The summed E-state index contributed by atoms with van der Waals surface area (Å²) < 4.78 is 22.7. The number of anilines is 1. The standard InChI is InChI=1S/C14H20N2O4S/c1-21(19,20)13-8-4-11(5-9-13)16-14(18)15-10-2-6-12(17)7-3-10/h4-5,8-10,12,17H,2-3,6-7H2,1H3,(H2,15,16,18). The number of benzene rings is 1. The Morgan fingerprint density at radius 1 is 1.14 bits per heavy atom. The van der Waals surface area contributed by atoms with Gasteiger partial charge in [0.25, 0.3) is 0 Å². The fourth-order valence-electron chi connectivity index (χ4n) is 2.36. The number of hydrogen-bond donors (Lipinski definition) is 3. The molecule has 0 saturated heterocycles.